The summed E-state index contributed by atoms with van der Waals surface area (Å²) in [5.41, 5.74) is 0. The Kier molecular flexibility index (Phi) is 6.95. The van der Waals surface area contributed by atoms with Crippen LogP contribution in [0.1, 0.15) is 13.8 Å². The molecule has 0 radical (unpaired) electrons. The second-order valence-corrected chi connectivity index (χ2v) is 4.51. The van der Waals surface area contributed by atoms with Crippen molar-refractivity contribution in [3.8, 4) is 5.75 Å². The Hall–Kier alpha value is -2.24. The molecule has 1 aromatic carbocycles. The van der Waals surface area contributed by atoms with Crippen LogP contribution in [0.5, 0.6) is 5.75 Å². The van der Waals surface area contributed by atoms with Crippen LogP contribution in [0, 0.1) is 0 Å². The van der Waals surface area contributed by atoms with Crippen molar-refractivity contribution < 1.29 is 14.3 Å². The SMILES string of the molecule is CC(C)NC(=O)NCCNC(=O)COc1ccccc1. The molecule has 0 atom stereocenters. The molecule has 0 fully saturated rings. The van der Waals surface area contributed by atoms with E-state index in [9.17, 15) is 9.59 Å². The number of rotatable bonds is 7. The van der Waals surface area contributed by atoms with Gasteiger partial charge in [0.2, 0.25) is 0 Å². The van der Waals surface area contributed by atoms with Crippen molar-refractivity contribution in [2.75, 3.05) is 19.7 Å². The molecule has 0 bridgehead atoms. The first-order valence-corrected chi connectivity index (χ1v) is 6.57. The van der Waals surface area contributed by atoms with E-state index >= 15 is 0 Å². The van der Waals surface area contributed by atoms with Gasteiger partial charge in [-0.25, -0.2) is 4.79 Å². The zero-order chi connectivity index (χ0) is 14.8. The number of amides is 3. The number of hydrogen-bond acceptors (Lipinski definition) is 3. The van der Waals surface area contributed by atoms with Crippen LogP contribution in [0.2, 0.25) is 0 Å². The predicted octanol–water partition coefficient (Wildman–Crippen LogP) is 0.889. The minimum atomic E-state index is -0.241. The Morgan fingerprint density at radius 1 is 1.10 bits per heavy atom. The molecule has 0 saturated heterocycles. The molecular formula is C14H21N3O3. The van der Waals surface area contributed by atoms with Crippen LogP contribution in [-0.4, -0.2) is 37.7 Å². The molecule has 1 aromatic rings. The fraction of sp³-hybridized carbons (Fsp3) is 0.429. The van der Waals surface area contributed by atoms with Gasteiger partial charge >= 0.3 is 6.03 Å². The van der Waals surface area contributed by atoms with Crippen LogP contribution in [0.15, 0.2) is 30.3 Å². The number of carbonyl (C=O) groups is 2. The Bertz CT molecular complexity index is 421. The first-order valence-electron chi connectivity index (χ1n) is 6.57. The predicted molar refractivity (Wildman–Crippen MR) is 76.6 cm³/mol. The summed E-state index contributed by atoms with van der Waals surface area (Å²) in [6, 6.07) is 8.96. The van der Waals surface area contributed by atoms with Crippen molar-refractivity contribution in [1.82, 2.24) is 16.0 Å². The van der Waals surface area contributed by atoms with Crippen LogP contribution in [-0.2, 0) is 4.79 Å². The van der Waals surface area contributed by atoms with E-state index in [1.807, 2.05) is 32.0 Å². The maximum Gasteiger partial charge on any atom is 0.315 e. The molecule has 0 aliphatic carbocycles. The maximum absolute atomic E-state index is 11.5. The molecule has 1 rings (SSSR count). The fourth-order valence-corrected chi connectivity index (χ4v) is 1.41. The van der Waals surface area contributed by atoms with E-state index in [4.69, 9.17) is 4.74 Å². The number of nitrogens with one attached hydrogen (secondary N) is 3. The van der Waals surface area contributed by atoms with Crippen molar-refractivity contribution in [2.24, 2.45) is 0 Å². The van der Waals surface area contributed by atoms with E-state index in [0.29, 0.717) is 18.8 Å². The molecule has 0 aromatic heterocycles. The van der Waals surface area contributed by atoms with Crippen molar-refractivity contribution in [2.45, 2.75) is 19.9 Å². The number of ether oxygens (including phenoxy) is 1. The summed E-state index contributed by atoms with van der Waals surface area (Å²) in [5.74, 6) is 0.428. The third kappa shape index (κ3) is 7.25. The third-order valence-electron chi connectivity index (χ3n) is 2.27. The molecule has 3 amide bonds. The number of benzene rings is 1. The molecule has 0 aliphatic rings. The van der Waals surface area contributed by atoms with E-state index in [-0.39, 0.29) is 24.6 Å². The smallest absolute Gasteiger partial charge is 0.315 e. The van der Waals surface area contributed by atoms with Gasteiger partial charge in [-0.15, -0.1) is 0 Å². The quantitative estimate of drug-likeness (QED) is 0.648. The third-order valence-corrected chi connectivity index (χ3v) is 2.27. The van der Waals surface area contributed by atoms with E-state index in [1.54, 1.807) is 12.1 Å². The zero-order valence-electron chi connectivity index (χ0n) is 11.8. The molecule has 0 spiro atoms. The standard InChI is InChI=1S/C14H21N3O3/c1-11(2)17-14(19)16-9-8-15-13(18)10-20-12-6-4-3-5-7-12/h3-7,11H,8-10H2,1-2H3,(H,15,18)(H2,16,17,19). The highest BCUT2D eigenvalue weighted by Gasteiger charge is 2.03. The Labute approximate surface area is 118 Å². The van der Waals surface area contributed by atoms with Crippen LogP contribution in [0.3, 0.4) is 0 Å². The first-order chi connectivity index (χ1) is 9.58. The summed E-state index contributed by atoms with van der Waals surface area (Å²) in [4.78, 5) is 22.7. The number of para-hydroxylation sites is 1. The zero-order valence-corrected chi connectivity index (χ0v) is 11.8. The lowest BCUT2D eigenvalue weighted by Gasteiger charge is -2.11. The van der Waals surface area contributed by atoms with Gasteiger partial charge in [0.05, 0.1) is 0 Å². The van der Waals surface area contributed by atoms with Gasteiger partial charge in [-0.2, -0.15) is 0 Å². The molecule has 0 unspecified atom stereocenters. The van der Waals surface area contributed by atoms with Crippen molar-refractivity contribution >= 4 is 11.9 Å². The molecule has 20 heavy (non-hydrogen) atoms. The summed E-state index contributed by atoms with van der Waals surface area (Å²) < 4.78 is 5.29. The normalized spacial score (nSPS) is 9.95. The van der Waals surface area contributed by atoms with Crippen molar-refractivity contribution in [3.63, 3.8) is 0 Å². The van der Waals surface area contributed by atoms with Gasteiger partial charge in [0.25, 0.3) is 5.91 Å². The van der Waals surface area contributed by atoms with Gasteiger partial charge in [0.1, 0.15) is 5.75 Å². The minimum absolute atomic E-state index is 0.0395. The molecular weight excluding hydrogens is 258 g/mol. The molecule has 3 N–H and O–H groups in total. The van der Waals surface area contributed by atoms with Gasteiger partial charge in [0.15, 0.2) is 6.61 Å². The topological polar surface area (TPSA) is 79.5 Å². The number of carbonyl (C=O) groups excluding carboxylic acids is 2. The maximum atomic E-state index is 11.5. The highest BCUT2D eigenvalue weighted by atomic mass is 16.5. The summed E-state index contributed by atoms with van der Waals surface area (Å²) in [6.07, 6.45) is 0. The van der Waals surface area contributed by atoms with E-state index in [0.717, 1.165) is 0 Å². The highest BCUT2D eigenvalue weighted by molar-refractivity contribution is 5.77. The van der Waals surface area contributed by atoms with Gasteiger partial charge in [-0.1, -0.05) is 18.2 Å². The summed E-state index contributed by atoms with van der Waals surface area (Å²) in [7, 11) is 0. The highest BCUT2D eigenvalue weighted by Crippen LogP contribution is 2.07. The summed E-state index contributed by atoms with van der Waals surface area (Å²) >= 11 is 0. The average Bonchev–Trinajstić information content (AvgIpc) is 2.42. The van der Waals surface area contributed by atoms with Gasteiger partial charge in [0, 0.05) is 19.1 Å². The molecule has 0 heterocycles. The fourth-order valence-electron chi connectivity index (χ4n) is 1.41. The van der Waals surface area contributed by atoms with Crippen LogP contribution in [0.25, 0.3) is 0 Å². The minimum Gasteiger partial charge on any atom is -0.484 e. The lowest BCUT2D eigenvalue weighted by Crippen LogP contribution is -2.43. The van der Waals surface area contributed by atoms with Crippen LogP contribution in [0.4, 0.5) is 4.79 Å². The summed E-state index contributed by atoms with van der Waals surface area (Å²) in [6.45, 7) is 4.45. The lowest BCUT2D eigenvalue weighted by molar-refractivity contribution is -0.123. The molecule has 6 heteroatoms. The second-order valence-electron chi connectivity index (χ2n) is 4.51. The number of urea groups is 1. The van der Waals surface area contributed by atoms with E-state index < -0.39 is 0 Å². The first kappa shape index (κ1) is 15.8. The molecule has 110 valence electrons. The largest absolute Gasteiger partial charge is 0.484 e. The Morgan fingerprint density at radius 3 is 2.40 bits per heavy atom. The van der Waals surface area contributed by atoms with Gasteiger partial charge in [-0.05, 0) is 26.0 Å². The van der Waals surface area contributed by atoms with E-state index in [2.05, 4.69) is 16.0 Å². The van der Waals surface area contributed by atoms with E-state index in [1.165, 1.54) is 0 Å². The van der Waals surface area contributed by atoms with Gasteiger partial charge < -0.3 is 20.7 Å². The van der Waals surface area contributed by atoms with Crippen LogP contribution >= 0.6 is 0 Å². The lowest BCUT2D eigenvalue weighted by atomic mass is 10.3. The average molecular weight is 279 g/mol. The number of hydrogen-bond donors (Lipinski definition) is 3. The Balaban J connectivity index is 2.07. The molecule has 0 saturated carbocycles. The van der Waals surface area contributed by atoms with Crippen LogP contribution < -0.4 is 20.7 Å². The van der Waals surface area contributed by atoms with Crippen molar-refractivity contribution in [3.05, 3.63) is 30.3 Å². The Morgan fingerprint density at radius 2 is 1.75 bits per heavy atom. The van der Waals surface area contributed by atoms with Crippen molar-refractivity contribution in [1.29, 1.82) is 0 Å². The second kappa shape index (κ2) is 8.79. The molecule has 0 aliphatic heterocycles. The monoisotopic (exact) mass is 279 g/mol. The molecule has 6 nitrogen and oxygen atoms in total. The van der Waals surface area contributed by atoms with Gasteiger partial charge in [-0.3, -0.25) is 4.79 Å². The summed E-state index contributed by atoms with van der Waals surface area (Å²) in [5, 5.41) is 7.98.